The van der Waals surface area contributed by atoms with Crippen LogP contribution in [0.4, 0.5) is 5.82 Å². The number of aryl methyl sites for hydroxylation is 1. The first kappa shape index (κ1) is 19.6. The van der Waals surface area contributed by atoms with Gasteiger partial charge in [-0.2, -0.15) is 0 Å². The Kier molecular flexibility index (Phi) is 5.62. The minimum atomic E-state index is 0.00879. The molecule has 1 fully saturated rings. The molecule has 3 heterocycles. The molecule has 4 rings (SSSR count). The molecule has 3 aromatic rings. The number of amides is 1. The second-order valence-electron chi connectivity index (χ2n) is 8.11. The largest absolute Gasteiger partial charge is 0.334 e. The molecule has 0 bridgehead atoms. The summed E-state index contributed by atoms with van der Waals surface area (Å²) in [6.45, 7) is 4.86. The van der Waals surface area contributed by atoms with Crippen LogP contribution >= 0.6 is 0 Å². The van der Waals surface area contributed by atoms with Crippen LogP contribution < -0.4 is 5.32 Å². The van der Waals surface area contributed by atoms with Gasteiger partial charge in [-0.05, 0) is 43.7 Å². The molecule has 152 valence electrons. The van der Waals surface area contributed by atoms with E-state index in [4.69, 9.17) is 0 Å². The SMILES string of the molecule is CCCC1CCC(C)N1CC(=O)Nc1cc2cc(-c3cncn3C)ccc2cn1. The lowest BCUT2D eigenvalue weighted by Gasteiger charge is -2.27. The molecular weight excluding hydrogens is 362 g/mol. The molecule has 0 aliphatic carbocycles. The maximum Gasteiger partial charge on any atom is 0.239 e. The van der Waals surface area contributed by atoms with E-state index < -0.39 is 0 Å². The molecular formula is C23H29N5O. The molecule has 0 spiro atoms. The Balaban J connectivity index is 1.50. The minimum Gasteiger partial charge on any atom is -0.334 e. The van der Waals surface area contributed by atoms with Gasteiger partial charge in [0.1, 0.15) is 5.82 Å². The Bertz CT molecular complexity index is 1010. The molecule has 1 aromatic carbocycles. The third-order valence-electron chi connectivity index (χ3n) is 6.00. The monoisotopic (exact) mass is 391 g/mol. The molecule has 1 aliphatic heterocycles. The van der Waals surface area contributed by atoms with Crippen molar-refractivity contribution in [3.05, 3.63) is 43.0 Å². The second kappa shape index (κ2) is 8.33. The van der Waals surface area contributed by atoms with Crippen molar-refractivity contribution in [1.29, 1.82) is 0 Å². The lowest BCUT2D eigenvalue weighted by atomic mass is 10.1. The van der Waals surface area contributed by atoms with Crippen molar-refractivity contribution in [3.8, 4) is 11.3 Å². The highest BCUT2D eigenvalue weighted by Gasteiger charge is 2.31. The Morgan fingerprint density at radius 1 is 1.21 bits per heavy atom. The number of aromatic nitrogens is 3. The molecule has 1 saturated heterocycles. The second-order valence-corrected chi connectivity index (χ2v) is 8.11. The number of hydrogen-bond acceptors (Lipinski definition) is 4. The van der Waals surface area contributed by atoms with Crippen LogP contribution in [0.15, 0.2) is 43.0 Å². The average Bonchev–Trinajstić information content (AvgIpc) is 3.28. The highest BCUT2D eigenvalue weighted by Crippen LogP contribution is 2.27. The highest BCUT2D eigenvalue weighted by molar-refractivity contribution is 5.94. The van der Waals surface area contributed by atoms with Gasteiger partial charge >= 0.3 is 0 Å². The van der Waals surface area contributed by atoms with E-state index in [1.807, 2.05) is 30.1 Å². The fraction of sp³-hybridized carbons (Fsp3) is 0.435. The summed E-state index contributed by atoms with van der Waals surface area (Å²) in [4.78, 5) is 23.7. The topological polar surface area (TPSA) is 63.1 Å². The Morgan fingerprint density at radius 2 is 2.07 bits per heavy atom. The summed E-state index contributed by atoms with van der Waals surface area (Å²) in [7, 11) is 1.98. The molecule has 2 atom stereocenters. The van der Waals surface area contributed by atoms with Gasteiger partial charge in [0, 0.05) is 36.3 Å². The van der Waals surface area contributed by atoms with Crippen LogP contribution in [0.3, 0.4) is 0 Å². The maximum absolute atomic E-state index is 12.7. The van der Waals surface area contributed by atoms with Gasteiger partial charge in [0.2, 0.25) is 5.91 Å². The first-order chi connectivity index (χ1) is 14.0. The van der Waals surface area contributed by atoms with Gasteiger partial charge in [-0.15, -0.1) is 0 Å². The molecule has 29 heavy (non-hydrogen) atoms. The number of anilines is 1. The van der Waals surface area contributed by atoms with E-state index in [0.29, 0.717) is 24.4 Å². The summed E-state index contributed by atoms with van der Waals surface area (Å²) >= 11 is 0. The van der Waals surface area contributed by atoms with E-state index in [1.54, 1.807) is 6.33 Å². The lowest BCUT2D eigenvalue weighted by Crippen LogP contribution is -2.40. The van der Waals surface area contributed by atoms with E-state index in [2.05, 4.69) is 52.2 Å². The summed E-state index contributed by atoms with van der Waals surface area (Å²) in [5.74, 6) is 0.609. The summed E-state index contributed by atoms with van der Waals surface area (Å²) in [6.07, 6.45) is 10.1. The van der Waals surface area contributed by atoms with E-state index in [1.165, 1.54) is 12.8 Å². The predicted molar refractivity (Wildman–Crippen MR) is 117 cm³/mol. The van der Waals surface area contributed by atoms with Gasteiger partial charge in [-0.3, -0.25) is 9.69 Å². The molecule has 0 radical (unpaired) electrons. The van der Waals surface area contributed by atoms with Gasteiger partial charge in [0.15, 0.2) is 0 Å². The van der Waals surface area contributed by atoms with Crippen LogP contribution in [0.1, 0.15) is 39.5 Å². The van der Waals surface area contributed by atoms with Crippen molar-refractivity contribution in [2.75, 3.05) is 11.9 Å². The van der Waals surface area contributed by atoms with Crippen LogP contribution in [-0.2, 0) is 11.8 Å². The van der Waals surface area contributed by atoms with Gasteiger partial charge in [0.05, 0.1) is 24.8 Å². The smallest absolute Gasteiger partial charge is 0.239 e. The van der Waals surface area contributed by atoms with E-state index in [9.17, 15) is 4.79 Å². The van der Waals surface area contributed by atoms with Crippen molar-refractivity contribution in [1.82, 2.24) is 19.4 Å². The Labute approximate surface area is 172 Å². The van der Waals surface area contributed by atoms with Crippen LogP contribution in [0, 0.1) is 0 Å². The first-order valence-electron chi connectivity index (χ1n) is 10.5. The Morgan fingerprint density at radius 3 is 2.83 bits per heavy atom. The predicted octanol–water partition coefficient (Wildman–Crippen LogP) is 4.23. The van der Waals surface area contributed by atoms with Gasteiger partial charge in [0.25, 0.3) is 0 Å². The van der Waals surface area contributed by atoms with Gasteiger partial charge in [-0.1, -0.05) is 25.5 Å². The molecule has 1 aliphatic rings. The fourth-order valence-corrected chi connectivity index (χ4v) is 4.41. The van der Waals surface area contributed by atoms with Crippen molar-refractivity contribution >= 4 is 22.5 Å². The van der Waals surface area contributed by atoms with Crippen molar-refractivity contribution < 1.29 is 4.79 Å². The third kappa shape index (κ3) is 4.17. The van der Waals surface area contributed by atoms with Gasteiger partial charge < -0.3 is 9.88 Å². The maximum atomic E-state index is 12.7. The average molecular weight is 392 g/mol. The van der Waals surface area contributed by atoms with Crippen LogP contribution in [0.5, 0.6) is 0 Å². The van der Waals surface area contributed by atoms with E-state index in [-0.39, 0.29) is 5.91 Å². The number of carbonyl (C=O) groups excluding carboxylic acids is 1. The third-order valence-corrected chi connectivity index (χ3v) is 6.00. The zero-order chi connectivity index (χ0) is 20.4. The molecule has 6 nitrogen and oxygen atoms in total. The summed E-state index contributed by atoms with van der Waals surface area (Å²) in [5.41, 5.74) is 2.15. The molecule has 1 N–H and O–H groups in total. The number of fused-ring (bicyclic) bond motifs is 1. The quantitative estimate of drug-likeness (QED) is 0.683. The zero-order valence-corrected chi connectivity index (χ0v) is 17.4. The number of nitrogens with zero attached hydrogens (tertiary/aromatic N) is 4. The number of hydrogen-bond donors (Lipinski definition) is 1. The molecule has 1 amide bonds. The van der Waals surface area contributed by atoms with Crippen LogP contribution in [-0.4, -0.2) is 44.0 Å². The Hall–Kier alpha value is -2.73. The number of benzene rings is 1. The molecule has 2 aromatic heterocycles. The van der Waals surface area contributed by atoms with Crippen molar-refractivity contribution in [2.24, 2.45) is 7.05 Å². The summed E-state index contributed by atoms with van der Waals surface area (Å²) in [6, 6.07) is 9.17. The number of rotatable bonds is 6. The molecule has 2 unspecified atom stereocenters. The number of imidazole rings is 1. The van der Waals surface area contributed by atoms with E-state index >= 15 is 0 Å². The number of carbonyl (C=O) groups is 1. The summed E-state index contributed by atoms with van der Waals surface area (Å²) in [5, 5.41) is 5.10. The highest BCUT2D eigenvalue weighted by atomic mass is 16.2. The standard InChI is InChI=1S/C23H29N5O/c1-4-5-20-9-6-16(2)28(20)14-23(29)26-22-11-19-10-17(7-8-18(19)12-25-22)21-13-24-15-27(21)3/h7-8,10-13,15-16,20H,4-6,9,14H2,1-3H3,(H,25,26,29). The number of nitrogens with one attached hydrogen (secondary N) is 1. The molecule has 0 saturated carbocycles. The first-order valence-corrected chi connectivity index (χ1v) is 10.5. The van der Waals surface area contributed by atoms with Crippen LogP contribution in [0.25, 0.3) is 22.0 Å². The fourth-order valence-electron chi connectivity index (χ4n) is 4.41. The van der Waals surface area contributed by atoms with E-state index in [0.717, 1.165) is 34.9 Å². The van der Waals surface area contributed by atoms with Crippen molar-refractivity contribution in [3.63, 3.8) is 0 Å². The lowest BCUT2D eigenvalue weighted by molar-refractivity contribution is -0.118. The zero-order valence-electron chi connectivity index (χ0n) is 17.4. The number of likely N-dealkylation sites (tertiary alicyclic amines) is 1. The normalized spacial score (nSPS) is 19.7. The number of pyridine rings is 1. The minimum absolute atomic E-state index is 0.00879. The van der Waals surface area contributed by atoms with Crippen LogP contribution in [0.2, 0.25) is 0 Å². The van der Waals surface area contributed by atoms with Gasteiger partial charge in [-0.25, -0.2) is 9.97 Å². The summed E-state index contributed by atoms with van der Waals surface area (Å²) < 4.78 is 2.00. The molecule has 6 heteroatoms. The van der Waals surface area contributed by atoms with Crippen molar-refractivity contribution in [2.45, 2.75) is 51.6 Å².